The fourth-order valence-corrected chi connectivity index (χ4v) is 3.49. The predicted molar refractivity (Wildman–Crippen MR) is 91.8 cm³/mol. The lowest BCUT2D eigenvalue weighted by Crippen LogP contribution is -2.64. The Balaban J connectivity index is 2.33. The first-order valence-corrected chi connectivity index (χ1v) is 8.31. The number of hydrogen-bond donors (Lipinski definition) is 1. The molecule has 3 heteroatoms. The van der Waals surface area contributed by atoms with E-state index in [1.54, 1.807) is 0 Å². The van der Waals surface area contributed by atoms with E-state index >= 15 is 0 Å². The number of para-hydroxylation sites is 1. The standard InChI is InChI=1S/C16H25IN2/c1-5-16(4)11-19(15(10-18-16)12(2)3)14-9-7-6-8-13(14)17/h6-9,12,15,18H,5,10-11H2,1-4H3. The highest BCUT2D eigenvalue weighted by Gasteiger charge is 2.36. The highest BCUT2D eigenvalue weighted by molar-refractivity contribution is 14.1. The van der Waals surface area contributed by atoms with Crippen LogP contribution in [0.25, 0.3) is 0 Å². The summed E-state index contributed by atoms with van der Waals surface area (Å²) in [7, 11) is 0. The number of halogens is 1. The molecular weight excluding hydrogens is 347 g/mol. The van der Waals surface area contributed by atoms with Gasteiger partial charge in [-0.1, -0.05) is 32.9 Å². The molecule has 1 fully saturated rings. The predicted octanol–water partition coefficient (Wildman–Crippen LogP) is 3.89. The van der Waals surface area contributed by atoms with Gasteiger partial charge < -0.3 is 10.2 Å². The maximum atomic E-state index is 3.75. The van der Waals surface area contributed by atoms with Crippen LogP contribution in [-0.4, -0.2) is 24.7 Å². The molecular formula is C16H25IN2. The number of nitrogens with zero attached hydrogens (tertiary/aromatic N) is 1. The van der Waals surface area contributed by atoms with E-state index < -0.39 is 0 Å². The number of nitrogens with one attached hydrogen (secondary N) is 1. The number of rotatable bonds is 3. The van der Waals surface area contributed by atoms with Gasteiger partial charge in [0.2, 0.25) is 0 Å². The molecule has 1 saturated heterocycles. The Morgan fingerprint density at radius 3 is 2.68 bits per heavy atom. The molecule has 0 radical (unpaired) electrons. The molecule has 19 heavy (non-hydrogen) atoms. The molecule has 2 atom stereocenters. The van der Waals surface area contributed by atoms with Crippen LogP contribution in [0.1, 0.15) is 34.1 Å². The van der Waals surface area contributed by atoms with Gasteiger partial charge in [-0.15, -0.1) is 0 Å². The van der Waals surface area contributed by atoms with Gasteiger partial charge in [0.15, 0.2) is 0 Å². The van der Waals surface area contributed by atoms with Crippen LogP contribution in [0.3, 0.4) is 0 Å². The van der Waals surface area contributed by atoms with Crippen molar-refractivity contribution in [3.63, 3.8) is 0 Å². The van der Waals surface area contributed by atoms with E-state index in [2.05, 4.69) is 84.8 Å². The van der Waals surface area contributed by atoms with E-state index in [9.17, 15) is 0 Å². The second-order valence-electron chi connectivity index (χ2n) is 6.19. The van der Waals surface area contributed by atoms with Gasteiger partial charge in [0, 0.05) is 28.2 Å². The maximum Gasteiger partial charge on any atom is 0.0505 e. The van der Waals surface area contributed by atoms with Gasteiger partial charge in [-0.2, -0.15) is 0 Å². The Morgan fingerprint density at radius 1 is 1.42 bits per heavy atom. The average molecular weight is 372 g/mol. The van der Waals surface area contributed by atoms with Gasteiger partial charge >= 0.3 is 0 Å². The number of anilines is 1. The van der Waals surface area contributed by atoms with Crippen molar-refractivity contribution in [2.45, 2.75) is 45.7 Å². The van der Waals surface area contributed by atoms with Crippen LogP contribution in [0.5, 0.6) is 0 Å². The molecule has 0 spiro atoms. The van der Waals surface area contributed by atoms with Crippen molar-refractivity contribution in [2.24, 2.45) is 5.92 Å². The van der Waals surface area contributed by atoms with Gasteiger partial charge in [-0.05, 0) is 54.0 Å². The average Bonchev–Trinajstić information content (AvgIpc) is 2.39. The van der Waals surface area contributed by atoms with Gasteiger partial charge in [0.25, 0.3) is 0 Å². The first-order chi connectivity index (χ1) is 8.97. The Morgan fingerprint density at radius 2 is 2.11 bits per heavy atom. The van der Waals surface area contributed by atoms with Crippen LogP contribution in [0.4, 0.5) is 5.69 Å². The van der Waals surface area contributed by atoms with E-state index in [0.29, 0.717) is 12.0 Å². The fraction of sp³-hybridized carbons (Fsp3) is 0.625. The molecule has 1 aromatic rings. The van der Waals surface area contributed by atoms with Crippen molar-refractivity contribution in [3.05, 3.63) is 27.8 Å². The van der Waals surface area contributed by atoms with Gasteiger partial charge in [0.1, 0.15) is 0 Å². The largest absolute Gasteiger partial charge is 0.364 e. The monoisotopic (exact) mass is 372 g/mol. The second kappa shape index (κ2) is 6.00. The van der Waals surface area contributed by atoms with Crippen LogP contribution >= 0.6 is 22.6 Å². The normalized spacial score (nSPS) is 27.9. The zero-order valence-electron chi connectivity index (χ0n) is 12.4. The van der Waals surface area contributed by atoms with E-state index in [1.807, 2.05) is 0 Å². The molecule has 1 aliphatic rings. The summed E-state index contributed by atoms with van der Waals surface area (Å²) in [5.41, 5.74) is 1.62. The van der Waals surface area contributed by atoms with Crippen molar-refractivity contribution in [1.29, 1.82) is 0 Å². The summed E-state index contributed by atoms with van der Waals surface area (Å²) in [5.74, 6) is 0.657. The van der Waals surface area contributed by atoms with E-state index in [-0.39, 0.29) is 5.54 Å². The fourth-order valence-electron chi connectivity index (χ4n) is 2.79. The topological polar surface area (TPSA) is 15.3 Å². The maximum absolute atomic E-state index is 3.75. The lowest BCUT2D eigenvalue weighted by atomic mass is 9.89. The SMILES string of the molecule is CCC1(C)CN(c2ccccc2I)C(C(C)C)CN1. The quantitative estimate of drug-likeness (QED) is 0.810. The number of hydrogen-bond acceptors (Lipinski definition) is 2. The third-order valence-electron chi connectivity index (χ3n) is 4.37. The Bertz CT molecular complexity index is 433. The summed E-state index contributed by atoms with van der Waals surface area (Å²) in [6.45, 7) is 11.4. The van der Waals surface area contributed by atoms with Crippen LogP contribution in [0, 0.1) is 9.49 Å². The summed E-state index contributed by atoms with van der Waals surface area (Å²) < 4.78 is 1.35. The molecule has 1 N–H and O–H groups in total. The molecule has 0 aromatic heterocycles. The summed E-state index contributed by atoms with van der Waals surface area (Å²) in [5, 5.41) is 3.75. The minimum atomic E-state index is 0.226. The Kier molecular flexibility index (Phi) is 4.77. The Labute approximate surface area is 131 Å². The molecule has 0 aliphatic carbocycles. The Hall–Kier alpha value is -0.290. The second-order valence-corrected chi connectivity index (χ2v) is 7.35. The van der Waals surface area contributed by atoms with Crippen molar-refractivity contribution in [2.75, 3.05) is 18.0 Å². The summed E-state index contributed by atoms with van der Waals surface area (Å²) in [4.78, 5) is 2.62. The zero-order chi connectivity index (χ0) is 14.0. The highest BCUT2D eigenvalue weighted by Crippen LogP contribution is 2.31. The number of benzene rings is 1. The van der Waals surface area contributed by atoms with E-state index in [4.69, 9.17) is 0 Å². The lowest BCUT2D eigenvalue weighted by Gasteiger charge is -2.49. The molecule has 0 saturated carbocycles. The molecule has 0 bridgehead atoms. The van der Waals surface area contributed by atoms with Crippen LogP contribution < -0.4 is 10.2 Å². The minimum absolute atomic E-state index is 0.226. The van der Waals surface area contributed by atoms with Gasteiger partial charge in [0.05, 0.1) is 5.69 Å². The van der Waals surface area contributed by atoms with Crippen molar-refractivity contribution in [1.82, 2.24) is 5.32 Å². The first-order valence-electron chi connectivity index (χ1n) is 7.23. The van der Waals surface area contributed by atoms with E-state index in [1.165, 1.54) is 9.26 Å². The summed E-state index contributed by atoms with van der Waals surface area (Å²) in [6, 6.07) is 9.32. The molecule has 106 valence electrons. The highest BCUT2D eigenvalue weighted by atomic mass is 127. The lowest BCUT2D eigenvalue weighted by molar-refractivity contribution is 0.253. The molecule has 2 rings (SSSR count). The van der Waals surface area contributed by atoms with Crippen LogP contribution in [-0.2, 0) is 0 Å². The number of piperazine rings is 1. The summed E-state index contributed by atoms with van der Waals surface area (Å²) >= 11 is 2.46. The summed E-state index contributed by atoms with van der Waals surface area (Å²) in [6.07, 6.45) is 1.16. The van der Waals surface area contributed by atoms with Gasteiger partial charge in [-0.3, -0.25) is 0 Å². The molecule has 2 unspecified atom stereocenters. The molecule has 1 heterocycles. The minimum Gasteiger partial charge on any atom is -0.364 e. The zero-order valence-corrected chi connectivity index (χ0v) is 14.6. The van der Waals surface area contributed by atoms with Crippen LogP contribution in [0.15, 0.2) is 24.3 Å². The molecule has 1 aromatic carbocycles. The molecule has 0 amide bonds. The smallest absolute Gasteiger partial charge is 0.0505 e. The third-order valence-corrected chi connectivity index (χ3v) is 5.28. The molecule has 1 aliphatic heterocycles. The van der Waals surface area contributed by atoms with E-state index in [0.717, 1.165) is 19.5 Å². The van der Waals surface area contributed by atoms with Crippen molar-refractivity contribution in [3.8, 4) is 0 Å². The third kappa shape index (κ3) is 3.24. The van der Waals surface area contributed by atoms with Crippen LogP contribution in [0.2, 0.25) is 0 Å². The van der Waals surface area contributed by atoms with Crippen molar-refractivity contribution < 1.29 is 0 Å². The first kappa shape index (κ1) is 15.1. The van der Waals surface area contributed by atoms with Crippen molar-refractivity contribution >= 4 is 28.3 Å². The van der Waals surface area contributed by atoms with Gasteiger partial charge in [-0.25, -0.2) is 0 Å². The molecule has 2 nitrogen and oxygen atoms in total.